The monoisotopic (exact) mass is 380 g/mol. The topological polar surface area (TPSA) is 102 Å². The highest BCUT2D eigenvalue weighted by atomic mass is 19.1. The number of benzene rings is 1. The average molecular weight is 380 g/mol. The van der Waals surface area contributed by atoms with Crippen LogP contribution < -0.4 is 20.3 Å². The average Bonchev–Trinajstić information content (AvgIpc) is 2.69. The zero-order chi connectivity index (χ0) is 19.2. The molecule has 11 heteroatoms. The zero-order valence-electron chi connectivity index (χ0n) is 14.5. The number of nitrogens with zero attached hydrogens (tertiary/aromatic N) is 4. The molecule has 1 fully saturated rings. The molecule has 2 heterocycles. The Bertz CT molecular complexity index is 817. The van der Waals surface area contributed by atoms with Gasteiger partial charge in [-0.05, 0) is 12.1 Å². The van der Waals surface area contributed by atoms with E-state index in [-0.39, 0.29) is 24.1 Å². The van der Waals surface area contributed by atoms with Gasteiger partial charge in [-0.2, -0.15) is 15.0 Å². The summed E-state index contributed by atoms with van der Waals surface area (Å²) in [5, 5.41) is 4.80. The minimum Gasteiger partial charge on any atom is -0.467 e. The molecule has 0 radical (unpaired) electrons. The largest absolute Gasteiger partial charge is 0.467 e. The van der Waals surface area contributed by atoms with E-state index in [0.29, 0.717) is 38.3 Å². The van der Waals surface area contributed by atoms with E-state index in [0.717, 1.165) is 12.1 Å². The van der Waals surface area contributed by atoms with Gasteiger partial charge in [-0.25, -0.2) is 13.6 Å². The first-order valence-electron chi connectivity index (χ1n) is 8.16. The van der Waals surface area contributed by atoms with E-state index >= 15 is 0 Å². The Morgan fingerprint density at radius 3 is 2.74 bits per heavy atom. The van der Waals surface area contributed by atoms with Crippen LogP contribution in [-0.4, -0.2) is 54.4 Å². The van der Waals surface area contributed by atoms with Gasteiger partial charge in [0.15, 0.2) is 5.82 Å². The standard InChI is InChI=1S/C16H18F2N6O3/c1-26-16-22-13(21-14(23-16)24-4-6-27-7-5-24)9-19-15(25)20-12-3-2-10(17)8-11(12)18/h2-3,8H,4-7,9H2,1H3,(H2,19,20,25). The number of hydrogen-bond donors (Lipinski definition) is 2. The molecule has 3 rings (SSSR count). The summed E-state index contributed by atoms with van der Waals surface area (Å²) in [5.74, 6) is -0.905. The molecule has 1 aliphatic rings. The molecule has 1 aliphatic heterocycles. The number of carbonyl (C=O) groups excluding carboxylic acids is 1. The lowest BCUT2D eigenvalue weighted by atomic mass is 10.3. The number of nitrogens with one attached hydrogen (secondary N) is 2. The zero-order valence-corrected chi connectivity index (χ0v) is 14.5. The van der Waals surface area contributed by atoms with Crippen molar-refractivity contribution in [2.75, 3.05) is 43.6 Å². The van der Waals surface area contributed by atoms with Crippen LogP contribution in [0, 0.1) is 11.6 Å². The third-order valence-corrected chi connectivity index (χ3v) is 3.71. The van der Waals surface area contributed by atoms with E-state index < -0.39 is 17.7 Å². The fourth-order valence-corrected chi connectivity index (χ4v) is 2.38. The van der Waals surface area contributed by atoms with Crippen molar-refractivity contribution in [3.8, 4) is 6.01 Å². The minimum atomic E-state index is -0.874. The summed E-state index contributed by atoms with van der Waals surface area (Å²) < 4.78 is 36.9. The van der Waals surface area contributed by atoms with Gasteiger partial charge in [0, 0.05) is 19.2 Å². The summed E-state index contributed by atoms with van der Waals surface area (Å²) in [4.78, 5) is 26.5. The Hall–Kier alpha value is -3.08. The van der Waals surface area contributed by atoms with Crippen molar-refractivity contribution in [3.05, 3.63) is 35.7 Å². The van der Waals surface area contributed by atoms with Crippen LogP contribution in [0.2, 0.25) is 0 Å². The molecule has 9 nitrogen and oxygen atoms in total. The van der Waals surface area contributed by atoms with Crippen LogP contribution in [0.4, 0.5) is 25.2 Å². The van der Waals surface area contributed by atoms with Crippen LogP contribution in [0.5, 0.6) is 6.01 Å². The molecule has 0 bridgehead atoms. The molecule has 0 atom stereocenters. The molecule has 0 aliphatic carbocycles. The maximum atomic E-state index is 13.6. The Morgan fingerprint density at radius 2 is 2.04 bits per heavy atom. The second-order valence-electron chi connectivity index (χ2n) is 5.57. The van der Waals surface area contributed by atoms with Crippen molar-refractivity contribution in [3.63, 3.8) is 0 Å². The Labute approximate surface area is 153 Å². The Balaban J connectivity index is 1.64. The van der Waals surface area contributed by atoms with Crippen molar-refractivity contribution in [1.82, 2.24) is 20.3 Å². The number of hydrogen-bond acceptors (Lipinski definition) is 7. The number of morpholine rings is 1. The lowest BCUT2D eigenvalue weighted by Crippen LogP contribution is -2.38. The quantitative estimate of drug-likeness (QED) is 0.807. The van der Waals surface area contributed by atoms with Gasteiger partial charge in [0.1, 0.15) is 11.6 Å². The maximum Gasteiger partial charge on any atom is 0.321 e. The summed E-state index contributed by atoms with van der Waals surface area (Å²) in [7, 11) is 1.43. The molecular formula is C16H18F2N6O3. The molecule has 1 aromatic heterocycles. The summed E-state index contributed by atoms with van der Waals surface area (Å²) in [6.45, 7) is 2.35. The van der Waals surface area contributed by atoms with Gasteiger partial charge in [0.05, 0.1) is 32.6 Å². The summed E-state index contributed by atoms with van der Waals surface area (Å²) in [6, 6.07) is 2.29. The molecule has 27 heavy (non-hydrogen) atoms. The number of amides is 2. The highest BCUT2D eigenvalue weighted by molar-refractivity contribution is 5.89. The van der Waals surface area contributed by atoms with E-state index in [2.05, 4.69) is 25.6 Å². The number of aromatic nitrogens is 3. The van der Waals surface area contributed by atoms with Crippen LogP contribution in [0.25, 0.3) is 0 Å². The van der Waals surface area contributed by atoms with Gasteiger partial charge in [-0.1, -0.05) is 0 Å². The van der Waals surface area contributed by atoms with Gasteiger partial charge < -0.3 is 25.0 Å². The molecule has 0 saturated carbocycles. The molecule has 1 aromatic carbocycles. The highest BCUT2D eigenvalue weighted by Gasteiger charge is 2.17. The van der Waals surface area contributed by atoms with Crippen LogP contribution in [-0.2, 0) is 11.3 Å². The number of rotatable bonds is 5. The first-order valence-corrected chi connectivity index (χ1v) is 8.16. The van der Waals surface area contributed by atoms with Gasteiger partial charge in [-0.15, -0.1) is 0 Å². The number of halogens is 2. The van der Waals surface area contributed by atoms with Gasteiger partial charge in [0.2, 0.25) is 5.95 Å². The number of carbonyl (C=O) groups is 1. The van der Waals surface area contributed by atoms with Gasteiger partial charge >= 0.3 is 12.0 Å². The van der Waals surface area contributed by atoms with Gasteiger partial charge in [0.25, 0.3) is 0 Å². The van der Waals surface area contributed by atoms with E-state index in [4.69, 9.17) is 9.47 Å². The molecule has 144 valence electrons. The predicted molar refractivity (Wildman–Crippen MR) is 91.6 cm³/mol. The highest BCUT2D eigenvalue weighted by Crippen LogP contribution is 2.15. The number of urea groups is 1. The number of methoxy groups -OCH3 is 1. The molecule has 0 spiro atoms. The van der Waals surface area contributed by atoms with Gasteiger partial charge in [-0.3, -0.25) is 0 Å². The van der Waals surface area contributed by atoms with Crippen LogP contribution >= 0.6 is 0 Å². The second-order valence-corrected chi connectivity index (χ2v) is 5.57. The third-order valence-electron chi connectivity index (χ3n) is 3.71. The van der Waals surface area contributed by atoms with Crippen molar-refractivity contribution >= 4 is 17.7 Å². The first kappa shape index (κ1) is 18.7. The van der Waals surface area contributed by atoms with Crippen LogP contribution in [0.15, 0.2) is 18.2 Å². The minimum absolute atomic E-state index is 0.0368. The van der Waals surface area contributed by atoms with Crippen molar-refractivity contribution < 1.29 is 23.0 Å². The fraction of sp³-hybridized carbons (Fsp3) is 0.375. The predicted octanol–water partition coefficient (Wildman–Crippen LogP) is 1.32. The van der Waals surface area contributed by atoms with Crippen LogP contribution in [0.3, 0.4) is 0 Å². The normalized spacial score (nSPS) is 14.0. The van der Waals surface area contributed by atoms with Crippen molar-refractivity contribution in [2.24, 2.45) is 0 Å². The Kier molecular flexibility index (Phi) is 5.91. The molecular weight excluding hydrogens is 362 g/mol. The first-order chi connectivity index (χ1) is 13.0. The summed E-state index contributed by atoms with van der Waals surface area (Å²) in [5.41, 5.74) is -0.142. The molecule has 2 amide bonds. The molecule has 2 aromatic rings. The molecule has 0 unspecified atom stereocenters. The number of ether oxygens (including phenoxy) is 2. The summed E-state index contributed by atoms with van der Waals surface area (Å²) in [6.07, 6.45) is 0. The second kappa shape index (κ2) is 8.54. The maximum absolute atomic E-state index is 13.6. The molecule has 1 saturated heterocycles. The van der Waals surface area contributed by atoms with Crippen molar-refractivity contribution in [1.29, 1.82) is 0 Å². The third kappa shape index (κ3) is 4.97. The lowest BCUT2D eigenvalue weighted by molar-refractivity contribution is 0.122. The van der Waals surface area contributed by atoms with E-state index in [9.17, 15) is 13.6 Å². The molecule has 2 N–H and O–H groups in total. The summed E-state index contributed by atoms with van der Waals surface area (Å²) >= 11 is 0. The lowest BCUT2D eigenvalue weighted by Gasteiger charge is -2.26. The van der Waals surface area contributed by atoms with E-state index in [1.807, 2.05) is 4.90 Å². The number of anilines is 2. The van der Waals surface area contributed by atoms with E-state index in [1.165, 1.54) is 7.11 Å². The fourth-order valence-electron chi connectivity index (χ4n) is 2.38. The van der Waals surface area contributed by atoms with E-state index in [1.54, 1.807) is 0 Å². The van der Waals surface area contributed by atoms with Crippen LogP contribution in [0.1, 0.15) is 5.82 Å². The smallest absolute Gasteiger partial charge is 0.321 e. The Morgan fingerprint density at radius 1 is 1.26 bits per heavy atom. The van der Waals surface area contributed by atoms with Crippen molar-refractivity contribution in [2.45, 2.75) is 6.54 Å². The SMILES string of the molecule is COc1nc(CNC(=O)Nc2ccc(F)cc2F)nc(N2CCOCC2)n1.